The van der Waals surface area contributed by atoms with Crippen LogP contribution in [0.15, 0.2) is 0 Å². The predicted octanol–water partition coefficient (Wildman–Crippen LogP) is 0.748. The Morgan fingerprint density at radius 3 is 2.74 bits per heavy atom. The SMILES string of the molecule is CCN(C)C(=O)C(C)NC(=O)CC1NCCCC1C. The van der Waals surface area contributed by atoms with Crippen molar-refractivity contribution in [2.45, 2.75) is 52.1 Å². The van der Waals surface area contributed by atoms with Gasteiger partial charge in [-0.15, -0.1) is 0 Å². The average Bonchev–Trinajstić information content (AvgIpc) is 2.39. The van der Waals surface area contributed by atoms with Gasteiger partial charge in [0.25, 0.3) is 0 Å². The second kappa shape index (κ2) is 7.48. The fourth-order valence-electron chi connectivity index (χ4n) is 2.44. The molecule has 1 aliphatic heterocycles. The van der Waals surface area contributed by atoms with Crippen LogP contribution in [0.3, 0.4) is 0 Å². The number of amides is 2. The highest BCUT2D eigenvalue weighted by Gasteiger charge is 2.25. The van der Waals surface area contributed by atoms with Crippen molar-refractivity contribution in [1.82, 2.24) is 15.5 Å². The third-order valence-corrected chi connectivity index (χ3v) is 3.93. The summed E-state index contributed by atoms with van der Waals surface area (Å²) in [5.41, 5.74) is 0. The quantitative estimate of drug-likeness (QED) is 0.774. The number of piperidine rings is 1. The van der Waals surface area contributed by atoms with Crippen molar-refractivity contribution in [3.8, 4) is 0 Å². The van der Waals surface area contributed by atoms with Crippen LogP contribution in [0.4, 0.5) is 0 Å². The van der Waals surface area contributed by atoms with E-state index in [2.05, 4.69) is 17.6 Å². The lowest BCUT2D eigenvalue weighted by molar-refractivity contribution is -0.135. The Bertz CT molecular complexity index is 320. The molecule has 2 amide bonds. The van der Waals surface area contributed by atoms with Gasteiger partial charge in [-0.1, -0.05) is 6.92 Å². The van der Waals surface area contributed by atoms with Gasteiger partial charge >= 0.3 is 0 Å². The molecule has 1 rings (SSSR count). The van der Waals surface area contributed by atoms with Gasteiger partial charge in [0.15, 0.2) is 0 Å². The molecule has 1 heterocycles. The number of nitrogens with zero attached hydrogens (tertiary/aromatic N) is 1. The highest BCUT2D eigenvalue weighted by Crippen LogP contribution is 2.17. The highest BCUT2D eigenvalue weighted by atomic mass is 16.2. The van der Waals surface area contributed by atoms with E-state index in [0.29, 0.717) is 18.9 Å². The summed E-state index contributed by atoms with van der Waals surface area (Å²) in [6, 6.07) is -0.212. The normalized spacial score (nSPS) is 24.6. The van der Waals surface area contributed by atoms with Crippen molar-refractivity contribution < 1.29 is 9.59 Å². The zero-order valence-corrected chi connectivity index (χ0v) is 12.5. The van der Waals surface area contributed by atoms with Gasteiger partial charge in [0.2, 0.25) is 11.8 Å². The number of rotatable bonds is 5. The molecule has 110 valence electrons. The van der Waals surface area contributed by atoms with E-state index in [1.165, 1.54) is 6.42 Å². The standard InChI is InChI=1S/C14H27N3O2/c1-5-17(4)14(19)11(3)16-13(18)9-12-10(2)7-6-8-15-12/h10-12,15H,5-9H2,1-4H3,(H,16,18). The Labute approximate surface area is 116 Å². The van der Waals surface area contributed by atoms with Crippen LogP contribution in [-0.4, -0.2) is 48.9 Å². The maximum Gasteiger partial charge on any atom is 0.244 e. The summed E-state index contributed by atoms with van der Waals surface area (Å²) in [4.78, 5) is 25.4. The Morgan fingerprint density at radius 1 is 1.47 bits per heavy atom. The van der Waals surface area contributed by atoms with E-state index < -0.39 is 6.04 Å². The molecule has 3 atom stereocenters. The zero-order valence-electron chi connectivity index (χ0n) is 12.5. The van der Waals surface area contributed by atoms with Gasteiger partial charge in [-0.25, -0.2) is 0 Å². The average molecular weight is 269 g/mol. The highest BCUT2D eigenvalue weighted by molar-refractivity contribution is 5.87. The van der Waals surface area contributed by atoms with Gasteiger partial charge < -0.3 is 15.5 Å². The second-order valence-electron chi connectivity index (χ2n) is 5.53. The summed E-state index contributed by atoms with van der Waals surface area (Å²) in [5, 5.41) is 6.17. The number of hydrogen-bond donors (Lipinski definition) is 2. The topological polar surface area (TPSA) is 61.4 Å². The molecule has 0 radical (unpaired) electrons. The molecule has 3 unspecified atom stereocenters. The van der Waals surface area contributed by atoms with E-state index in [0.717, 1.165) is 13.0 Å². The molecule has 0 aromatic carbocycles. The van der Waals surface area contributed by atoms with E-state index in [-0.39, 0.29) is 17.9 Å². The van der Waals surface area contributed by atoms with Crippen molar-refractivity contribution in [1.29, 1.82) is 0 Å². The summed E-state index contributed by atoms with van der Waals surface area (Å²) < 4.78 is 0. The molecule has 19 heavy (non-hydrogen) atoms. The van der Waals surface area contributed by atoms with Crippen LogP contribution >= 0.6 is 0 Å². The Balaban J connectivity index is 2.39. The Morgan fingerprint density at radius 2 is 2.16 bits per heavy atom. The number of likely N-dealkylation sites (N-methyl/N-ethyl adjacent to an activating group) is 1. The van der Waals surface area contributed by atoms with E-state index in [1.807, 2.05) is 6.92 Å². The fourth-order valence-corrected chi connectivity index (χ4v) is 2.44. The maximum atomic E-state index is 12.0. The monoisotopic (exact) mass is 269 g/mol. The minimum Gasteiger partial charge on any atom is -0.345 e. The largest absolute Gasteiger partial charge is 0.345 e. The summed E-state index contributed by atoms with van der Waals surface area (Å²) in [5.74, 6) is 0.431. The molecule has 1 fully saturated rings. The van der Waals surface area contributed by atoms with Crippen molar-refractivity contribution in [3.05, 3.63) is 0 Å². The number of nitrogens with one attached hydrogen (secondary N) is 2. The first-order chi connectivity index (χ1) is 8.95. The third-order valence-electron chi connectivity index (χ3n) is 3.93. The predicted molar refractivity (Wildman–Crippen MR) is 75.7 cm³/mol. The van der Waals surface area contributed by atoms with Crippen LogP contribution in [0.1, 0.15) is 40.0 Å². The van der Waals surface area contributed by atoms with Crippen LogP contribution < -0.4 is 10.6 Å². The van der Waals surface area contributed by atoms with Gasteiger partial charge in [-0.2, -0.15) is 0 Å². The lowest BCUT2D eigenvalue weighted by Crippen LogP contribution is -2.48. The number of hydrogen-bond acceptors (Lipinski definition) is 3. The molecular weight excluding hydrogens is 242 g/mol. The summed E-state index contributed by atoms with van der Waals surface area (Å²) in [6.45, 7) is 7.46. The van der Waals surface area contributed by atoms with Crippen LogP contribution in [0.2, 0.25) is 0 Å². The van der Waals surface area contributed by atoms with Crippen LogP contribution in [0.5, 0.6) is 0 Å². The Hall–Kier alpha value is -1.10. The molecule has 2 N–H and O–H groups in total. The lowest BCUT2D eigenvalue weighted by atomic mass is 9.90. The lowest BCUT2D eigenvalue weighted by Gasteiger charge is -2.30. The Kier molecular flexibility index (Phi) is 6.28. The molecule has 1 saturated heterocycles. The van der Waals surface area contributed by atoms with Crippen LogP contribution in [-0.2, 0) is 9.59 Å². The molecule has 1 aliphatic rings. The first-order valence-corrected chi connectivity index (χ1v) is 7.23. The van der Waals surface area contributed by atoms with Crippen molar-refractivity contribution in [2.24, 2.45) is 5.92 Å². The minimum absolute atomic E-state index is 0.0412. The maximum absolute atomic E-state index is 12.0. The molecule has 0 aromatic rings. The molecule has 0 saturated carbocycles. The van der Waals surface area contributed by atoms with Gasteiger partial charge in [0.1, 0.15) is 6.04 Å². The van der Waals surface area contributed by atoms with Gasteiger partial charge in [-0.3, -0.25) is 9.59 Å². The van der Waals surface area contributed by atoms with Crippen molar-refractivity contribution in [3.63, 3.8) is 0 Å². The summed E-state index contributed by atoms with van der Waals surface area (Å²) in [6.07, 6.45) is 2.79. The van der Waals surface area contributed by atoms with E-state index >= 15 is 0 Å². The molecule has 0 aliphatic carbocycles. The first kappa shape index (κ1) is 16.0. The summed E-state index contributed by atoms with van der Waals surface area (Å²) >= 11 is 0. The smallest absolute Gasteiger partial charge is 0.244 e. The molecular formula is C14H27N3O2. The number of carbonyl (C=O) groups excluding carboxylic acids is 2. The van der Waals surface area contributed by atoms with Crippen LogP contribution in [0, 0.1) is 5.92 Å². The van der Waals surface area contributed by atoms with Gasteiger partial charge in [0, 0.05) is 26.1 Å². The van der Waals surface area contributed by atoms with E-state index in [9.17, 15) is 9.59 Å². The van der Waals surface area contributed by atoms with Gasteiger partial charge in [-0.05, 0) is 39.2 Å². The molecule has 0 bridgehead atoms. The summed E-state index contributed by atoms with van der Waals surface area (Å²) in [7, 11) is 1.75. The fraction of sp³-hybridized carbons (Fsp3) is 0.857. The molecule has 5 nitrogen and oxygen atoms in total. The van der Waals surface area contributed by atoms with E-state index in [1.54, 1.807) is 18.9 Å². The third kappa shape index (κ3) is 4.82. The van der Waals surface area contributed by atoms with Gasteiger partial charge in [0.05, 0.1) is 0 Å². The van der Waals surface area contributed by atoms with Crippen molar-refractivity contribution >= 4 is 11.8 Å². The van der Waals surface area contributed by atoms with E-state index in [4.69, 9.17) is 0 Å². The first-order valence-electron chi connectivity index (χ1n) is 7.23. The molecule has 5 heteroatoms. The molecule has 0 aromatic heterocycles. The number of carbonyl (C=O) groups is 2. The minimum atomic E-state index is -0.448. The van der Waals surface area contributed by atoms with Crippen LogP contribution in [0.25, 0.3) is 0 Å². The van der Waals surface area contributed by atoms with Crippen molar-refractivity contribution in [2.75, 3.05) is 20.1 Å². The second-order valence-corrected chi connectivity index (χ2v) is 5.53. The zero-order chi connectivity index (χ0) is 14.4. The molecule has 0 spiro atoms.